The maximum Gasteiger partial charge on any atom is 0.320 e. The molecule has 0 N–H and O–H groups in total. The number of thiazole rings is 1. The highest BCUT2D eigenvalue weighted by Gasteiger charge is 2.33. The molecule has 6 heteroatoms. The Labute approximate surface area is 117 Å². The summed E-state index contributed by atoms with van der Waals surface area (Å²) in [6.07, 6.45) is 2.17. The number of urea groups is 1. The molecule has 5 nitrogen and oxygen atoms in total. The van der Waals surface area contributed by atoms with Crippen molar-refractivity contribution < 1.29 is 4.79 Å². The Bertz CT molecular complexity index is 428. The van der Waals surface area contributed by atoms with E-state index >= 15 is 0 Å². The fourth-order valence-electron chi connectivity index (χ4n) is 2.94. The van der Waals surface area contributed by atoms with Crippen LogP contribution < -0.4 is 0 Å². The number of hydrogen-bond donors (Lipinski definition) is 0. The second-order valence-corrected chi connectivity index (χ2v) is 6.10. The van der Waals surface area contributed by atoms with Gasteiger partial charge in [0, 0.05) is 51.2 Å². The number of hydrogen-bond acceptors (Lipinski definition) is 4. The smallest absolute Gasteiger partial charge is 0.320 e. The number of likely N-dealkylation sites (N-methyl/N-ethyl adjacent to an activating group) is 1. The Morgan fingerprint density at radius 3 is 2.68 bits per heavy atom. The van der Waals surface area contributed by atoms with Crippen LogP contribution in [-0.2, 0) is 6.54 Å². The number of amides is 2. The Morgan fingerprint density at radius 2 is 2.11 bits per heavy atom. The van der Waals surface area contributed by atoms with Gasteiger partial charge in [0.2, 0.25) is 0 Å². The summed E-state index contributed by atoms with van der Waals surface area (Å²) in [6, 6.07) is 0.641. The Kier molecular flexibility index (Phi) is 3.70. The van der Waals surface area contributed by atoms with Gasteiger partial charge in [0.1, 0.15) is 0 Å². The first-order valence-corrected chi connectivity index (χ1v) is 7.79. The molecule has 0 saturated carbocycles. The third-order valence-electron chi connectivity index (χ3n) is 4.12. The van der Waals surface area contributed by atoms with E-state index in [0.29, 0.717) is 6.04 Å². The summed E-state index contributed by atoms with van der Waals surface area (Å²) in [7, 11) is 1.89. The number of carbonyl (C=O) groups excluding carboxylic acids is 1. The highest BCUT2D eigenvalue weighted by Crippen LogP contribution is 2.21. The van der Waals surface area contributed by atoms with Crippen molar-refractivity contribution in [2.24, 2.45) is 0 Å². The molecule has 1 aromatic heterocycles. The summed E-state index contributed by atoms with van der Waals surface area (Å²) in [5.74, 6) is 0. The molecule has 0 bridgehead atoms. The van der Waals surface area contributed by atoms with Crippen LogP contribution in [0.1, 0.15) is 18.5 Å². The second-order valence-electron chi connectivity index (χ2n) is 5.38. The third-order valence-corrected chi connectivity index (χ3v) is 4.75. The average molecular weight is 280 g/mol. The zero-order chi connectivity index (χ0) is 13.2. The number of rotatable bonds is 3. The van der Waals surface area contributed by atoms with Crippen molar-refractivity contribution in [1.82, 2.24) is 19.7 Å². The highest BCUT2D eigenvalue weighted by atomic mass is 32.1. The number of carbonyl (C=O) groups is 1. The van der Waals surface area contributed by atoms with Crippen LogP contribution in [0, 0.1) is 0 Å². The number of nitrogens with zero attached hydrogens (tertiary/aromatic N) is 4. The van der Waals surface area contributed by atoms with Gasteiger partial charge in [-0.05, 0) is 12.8 Å². The fourth-order valence-corrected chi connectivity index (χ4v) is 3.49. The summed E-state index contributed by atoms with van der Waals surface area (Å²) < 4.78 is 0. The lowest BCUT2D eigenvalue weighted by atomic mass is 10.0. The van der Waals surface area contributed by atoms with E-state index in [1.54, 1.807) is 11.3 Å². The van der Waals surface area contributed by atoms with Crippen molar-refractivity contribution in [3.63, 3.8) is 0 Å². The van der Waals surface area contributed by atoms with Gasteiger partial charge in [0.15, 0.2) is 0 Å². The number of likely N-dealkylation sites (tertiary alicyclic amines) is 1. The maximum absolute atomic E-state index is 12.0. The minimum atomic E-state index is 0.206. The van der Waals surface area contributed by atoms with E-state index in [1.807, 2.05) is 17.5 Å². The first-order chi connectivity index (χ1) is 9.24. The van der Waals surface area contributed by atoms with Gasteiger partial charge in [-0.25, -0.2) is 9.78 Å². The van der Waals surface area contributed by atoms with Gasteiger partial charge < -0.3 is 9.80 Å². The molecular weight excluding hydrogens is 260 g/mol. The van der Waals surface area contributed by atoms with E-state index in [4.69, 9.17) is 0 Å². The predicted molar refractivity (Wildman–Crippen MR) is 75.1 cm³/mol. The van der Waals surface area contributed by atoms with Gasteiger partial charge in [-0.1, -0.05) is 0 Å². The molecule has 3 heterocycles. The van der Waals surface area contributed by atoms with Gasteiger partial charge in [0.25, 0.3) is 0 Å². The summed E-state index contributed by atoms with van der Waals surface area (Å²) in [4.78, 5) is 22.6. The lowest BCUT2D eigenvalue weighted by Crippen LogP contribution is -2.46. The van der Waals surface area contributed by atoms with Crippen molar-refractivity contribution >= 4 is 17.4 Å². The SMILES string of the molecule is CN1CCN(C2CCN(Cc3cscn3)CC2)C1=O. The minimum absolute atomic E-state index is 0.206. The average Bonchev–Trinajstić information content (AvgIpc) is 3.03. The molecule has 2 amide bonds. The predicted octanol–water partition coefficient (Wildman–Crippen LogP) is 1.47. The van der Waals surface area contributed by atoms with E-state index in [0.717, 1.165) is 45.6 Å². The van der Waals surface area contributed by atoms with Crippen LogP contribution in [0.5, 0.6) is 0 Å². The van der Waals surface area contributed by atoms with Crippen LogP contribution in [0.3, 0.4) is 0 Å². The molecule has 2 fully saturated rings. The largest absolute Gasteiger partial charge is 0.326 e. The van der Waals surface area contributed by atoms with Crippen molar-refractivity contribution in [3.8, 4) is 0 Å². The van der Waals surface area contributed by atoms with E-state index in [2.05, 4.69) is 20.2 Å². The zero-order valence-electron chi connectivity index (χ0n) is 11.3. The molecule has 2 aliphatic heterocycles. The monoisotopic (exact) mass is 280 g/mol. The maximum atomic E-state index is 12.0. The number of piperidine rings is 1. The Balaban J connectivity index is 1.51. The summed E-state index contributed by atoms with van der Waals surface area (Å²) in [5.41, 5.74) is 3.06. The molecule has 104 valence electrons. The van der Waals surface area contributed by atoms with Crippen LogP contribution in [-0.4, -0.2) is 65.0 Å². The molecule has 0 aromatic carbocycles. The van der Waals surface area contributed by atoms with Gasteiger partial charge in [-0.3, -0.25) is 4.90 Å². The van der Waals surface area contributed by atoms with Crippen molar-refractivity contribution in [3.05, 3.63) is 16.6 Å². The summed E-state index contributed by atoms with van der Waals surface area (Å²) in [6.45, 7) is 4.85. The molecule has 0 unspecified atom stereocenters. The highest BCUT2D eigenvalue weighted by molar-refractivity contribution is 7.07. The molecule has 2 aliphatic rings. The topological polar surface area (TPSA) is 39.7 Å². The van der Waals surface area contributed by atoms with E-state index in [1.165, 1.54) is 5.69 Å². The van der Waals surface area contributed by atoms with Crippen LogP contribution >= 0.6 is 11.3 Å². The summed E-state index contributed by atoms with van der Waals surface area (Å²) >= 11 is 1.65. The van der Waals surface area contributed by atoms with Crippen molar-refractivity contribution in [2.45, 2.75) is 25.4 Å². The summed E-state index contributed by atoms with van der Waals surface area (Å²) in [5, 5.41) is 2.12. The van der Waals surface area contributed by atoms with Crippen LogP contribution in [0.25, 0.3) is 0 Å². The molecule has 19 heavy (non-hydrogen) atoms. The van der Waals surface area contributed by atoms with E-state index in [-0.39, 0.29) is 6.03 Å². The van der Waals surface area contributed by atoms with Crippen molar-refractivity contribution in [1.29, 1.82) is 0 Å². The molecule has 1 aromatic rings. The lowest BCUT2D eigenvalue weighted by molar-refractivity contribution is 0.127. The molecule has 3 rings (SSSR count). The van der Waals surface area contributed by atoms with Crippen LogP contribution in [0.2, 0.25) is 0 Å². The third kappa shape index (κ3) is 2.74. The zero-order valence-corrected chi connectivity index (χ0v) is 12.1. The normalized spacial score (nSPS) is 22.5. The lowest BCUT2D eigenvalue weighted by Gasteiger charge is -2.36. The number of aromatic nitrogens is 1. The molecule has 0 aliphatic carbocycles. The quantitative estimate of drug-likeness (QED) is 0.842. The van der Waals surface area contributed by atoms with Gasteiger partial charge in [-0.2, -0.15) is 0 Å². The molecule has 0 atom stereocenters. The molecule has 2 saturated heterocycles. The van der Waals surface area contributed by atoms with Crippen molar-refractivity contribution in [2.75, 3.05) is 33.2 Å². The molecular formula is C13H20N4OS. The Morgan fingerprint density at radius 1 is 1.32 bits per heavy atom. The second kappa shape index (κ2) is 5.46. The van der Waals surface area contributed by atoms with Crippen LogP contribution in [0.15, 0.2) is 10.9 Å². The van der Waals surface area contributed by atoms with E-state index in [9.17, 15) is 4.79 Å². The molecule has 0 radical (unpaired) electrons. The first kappa shape index (κ1) is 12.9. The van der Waals surface area contributed by atoms with Gasteiger partial charge in [-0.15, -0.1) is 11.3 Å². The van der Waals surface area contributed by atoms with Crippen LogP contribution in [0.4, 0.5) is 4.79 Å². The standard InChI is InChI=1S/C13H20N4OS/c1-15-6-7-17(13(15)18)12-2-4-16(5-3-12)8-11-9-19-10-14-11/h9-10,12H,2-8H2,1H3. The van der Waals surface area contributed by atoms with E-state index < -0.39 is 0 Å². The first-order valence-electron chi connectivity index (χ1n) is 6.85. The Hall–Kier alpha value is -1.14. The van der Waals surface area contributed by atoms with Gasteiger partial charge >= 0.3 is 6.03 Å². The fraction of sp³-hybridized carbons (Fsp3) is 0.692. The van der Waals surface area contributed by atoms with Gasteiger partial charge in [0.05, 0.1) is 11.2 Å². The minimum Gasteiger partial charge on any atom is -0.326 e. The molecule has 0 spiro atoms.